The third kappa shape index (κ3) is 4.58. The molecular formula is C17H15N3O3. The topological polar surface area (TPSA) is 72.8 Å². The Balaban J connectivity index is 2.11. The van der Waals surface area contributed by atoms with E-state index >= 15 is 0 Å². The van der Waals surface area contributed by atoms with Gasteiger partial charge in [0, 0.05) is 18.0 Å². The maximum Gasteiger partial charge on any atom is 0.272 e. The van der Waals surface area contributed by atoms with Crippen molar-refractivity contribution in [3.63, 3.8) is 0 Å². The van der Waals surface area contributed by atoms with Crippen LogP contribution in [0.1, 0.15) is 15.9 Å². The number of rotatable bonds is 6. The van der Waals surface area contributed by atoms with Gasteiger partial charge in [0.1, 0.15) is 18.1 Å². The summed E-state index contributed by atoms with van der Waals surface area (Å²) in [7, 11) is 1.56. The molecule has 6 heteroatoms. The Labute approximate surface area is 134 Å². The van der Waals surface area contributed by atoms with Crippen molar-refractivity contribution in [1.29, 1.82) is 0 Å². The monoisotopic (exact) mass is 309 g/mol. The van der Waals surface area contributed by atoms with Gasteiger partial charge >= 0.3 is 0 Å². The van der Waals surface area contributed by atoms with Crippen LogP contribution in [-0.4, -0.2) is 30.8 Å². The van der Waals surface area contributed by atoms with E-state index in [1.807, 2.05) is 0 Å². The summed E-state index contributed by atoms with van der Waals surface area (Å²) in [5.41, 5.74) is 3.47. The number of hydrazone groups is 1. The molecule has 0 spiro atoms. The summed E-state index contributed by atoms with van der Waals surface area (Å²) in [6.07, 6.45) is 9.70. The van der Waals surface area contributed by atoms with E-state index in [4.69, 9.17) is 15.9 Å². The van der Waals surface area contributed by atoms with Crippen LogP contribution in [0.5, 0.6) is 11.5 Å². The van der Waals surface area contributed by atoms with Crippen LogP contribution in [-0.2, 0) is 0 Å². The number of hydrogen-bond donors (Lipinski definition) is 1. The minimum absolute atomic E-state index is 0.134. The first kappa shape index (κ1) is 16.0. The zero-order valence-electron chi connectivity index (χ0n) is 12.5. The van der Waals surface area contributed by atoms with E-state index in [-0.39, 0.29) is 12.5 Å². The quantitative estimate of drug-likeness (QED) is 0.502. The van der Waals surface area contributed by atoms with E-state index < -0.39 is 0 Å². The number of nitrogens with zero attached hydrogens (tertiary/aromatic N) is 2. The number of carbonyl (C=O) groups excluding carboxylic acids is 1. The Kier molecular flexibility index (Phi) is 5.72. The van der Waals surface area contributed by atoms with Crippen molar-refractivity contribution in [3.8, 4) is 23.8 Å². The molecular weight excluding hydrogens is 294 g/mol. The van der Waals surface area contributed by atoms with Crippen molar-refractivity contribution in [2.24, 2.45) is 5.10 Å². The third-order valence-electron chi connectivity index (χ3n) is 2.82. The molecule has 1 aromatic heterocycles. The molecule has 116 valence electrons. The summed E-state index contributed by atoms with van der Waals surface area (Å²) < 4.78 is 10.6. The van der Waals surface area contributed by atoms with Crippen LogP contribution in [0.15, 0.2) is 47.8 Å². The average molecular weight is 309 g/mol. The molecule has 2 rings (SSSR count). The van der Waals surface area contributed by atoms with Gasteiger partial charge in [-0.25, -0.2) is 5.43 Å². The maximum absolute atomic E-state index is 11.9. The number of methoxy groups -OCH3 is 1. The van der Waals surface area contributed by atoms with Crippen LogP contribution in [0.25, 0.3) is 0 Å². The van der Waals surface area contributed by atoms with Gasteiger partial charge in [0.2, 0.25) is 0 Å². The smallest absolute Gasteiger partial charge is 0.272 e. The van der Waals surface area contributed by atoms with Gasteiger partial charge in [-0.3, -0.25) is 9.78 Å². The normalized spacial score (nSPS) is 10.1. The Hall–Kier alpha value is -3.33. The van der Waals surface area contributed by atoms with E-state index in [9.17, 15) is 4.79 Å². The van der Waals surface area contributed by atoms with Crippen molar-refractivity contribution in [1.82, 2.24) is 10.4 Å². The molecule has 0 atom stereocenters. The Morgan fingerprint density at radius 1 is 1.48 bits per heavy atom. The van der Waals surface area contributed by atoms with Crippen LogP contribution in [0.4, 0.5) is 0 Å². The molecule has 23 heavy (non-hydrogen) atoms. The SMILES string of the molecule is C#CCOc1ccc(OC)cc1/C=N/NC(=O)c1cccnc1. The highest BCUT2D eigenvalue weighted by Crippen LogP contribution is 2.22. The molecule has 0 saturated heterocycles. The lowest BCUT2D eigenvalue weighted by molar-refractivity contribution is 0.0954. The molecule has 6 nitrogen and oxygen atoms in total. The third-order valence-corrected chi connectivity index (χ3v) is 2.82. The number of terminal acetylenes is 1. The molecule has 1 N–H and O–H groups in total. The summed E-state index contributed by atoms with van der Waals surface area (Å²) in [5, 5.41) is 3.92. The minimum atomic E-state index is -0.358. The second-order valence-corrected chi connectivity index (χ2v) is 4.34. The van der Waals surface area contributed by atoms with Crippen LogP contribution in [0.3, 0.4) is 0 Å². The molecule has 1 aromatic carbocycles. The molecule has 0 aliphatic rings. The summed E-state index contributed by atoms with van der Waals surface area (Å²) in [4.78, 5) is 15.7. The van der Waals surface area contributed by atoms with Crippen molar-refractivity contribution in [2.75, 3.05) is 13.7 Å². The molecule has 0 fully saturated rings. The van der Waals surface area contributed by atoms with Gasteiger partial charge in [-0.05, 0) is 30.3 Å². The van der Waals surface area contributed by atoms with Gasteiger partial charge in [0.25, 0.3) is 5.91 Å². The number of hydrogen-bond acceptors (Lipinski definition) is 5. The molecule has 0 aliphatic carbocycles. The van der Waals surface area contributed by atoms with Crippen molar-refractivity contribution in [3.05, 3.63) is 53.9 Å². The Morgan fingerprint density at radius 2 is 2.35 bits per heavy atom. The highest BCUT2D eigenvalue weighted by Gasteiger charge is 2.05. The molecule has 0 aliphatic heterocycles. The molecule has 2 aromatic rings. The number of amides is 1. The van der Waals surface area contributed by atoms with Gasteiger partial charge < -0.3 is 9.47 Å². The van der Waals surface area contributed by atoms with Crippen LogP contribution < -0.4 is 14.9 Å². The zero-order chi connectivity index (χ0) is 16.5. The van der Waals surface area contributed by atoms with E-state index in [0.717, 1.165) is 0 Å². The van der Waals surface area contributed by atoms with E-state index in [2.05, 4.69) is 21.4 Å². The maximum atomic E-state index is 11.9. The van der Waals surface area contributed by atoms with E-state index in [1.165, 1.54) is 12.4 Å². The standard InChI is InChI=1S/C17H15N3O3/c1-3-9-23-16-7-6-15(22-2)10-14(16)12-19-20-17(21)13-5-4-8-18-11-13/h1,4-8,10-12H,9H2,2H3,(H,20,21)/b19-12+. The predicted octanol–water partition coefficient (Wildman–Crippen LogP) is 1.87. The first-order valence-corrected chi connectivity index (χ1v) is 6.72. The van der Waals surface area contributed by atoms with Crippen LogP contribution in [0.2, 0.25) is 0 Å². The number of aromatic nitrogens is 1. The highest BCUT2D eigenvalue weighted by atomic mass is 16.5. The second-order valence-electron chi connectivity index (χ2n) is 4.34. The van der Waals surface area contributed by atoms with Crippen molar-refractivity contribution < 1.29 is 14.3 Å². The van der Waals surface area contributed by atoms with Gasteiger partial charge in [0.15, 0.2) is 0 Å². The lowest BCUT2D eigenvalue weighted by Crippen LogP contribution is -2.17. The largest absolute Gasteiger partial charge is 0.497 e. The Bertz CT molecular complexity index is 736. The van der Waals surface area contributed by atoms with Crippen LogP contribution in [0, 0.1) is 12.3 Å². The molecule has 0 unspecified atom stereocenters. The van der Waals surface area contributed by atoms with Crippen molar-refractivity contribution >= 4 is 12.1 Å². The Morgan fingerprint density at radius 3 is 3.04 bits per heavy atom. The average Bonchev–Trinajstić information content (AvgIpc) is 2.61. The summed E-state index contributed by atoms with van der Waals surface area (Å²) in [5.74, 6) is 3.22. The predicted molar refractivity (Wildman–Crippen MR) is 86.6 cm³/mol. The molecule has 1 heterocycles. The fourth-order valence-corrected chi connectivity index (χ4v) is 1.73. The fourth-order valence-electron chi connectivity index (χ4n) is 1.73. The first-order valence-electron chi connectivity index (χ1n) is 6.72. The number of carbonyl (C=O) groups is 1. The van der Waals surface area contributed by atoms with E-state index in [1.54, 1.807) is 43.6 Å². The lowest BCUT2D eigenvalue weighted by Gasteiger charge is -2.08. The summed E-state index contributed by atoms with van der Waals surface area (Å²) >= 11 is 0. The van der Waals surface area contributed by atoms with E-state index in [0.29, 0.717) is 22.6 Å². The summed E-state index contributed by atoms with van der Waals surface area (Å²) in [6.45, 7) is 0.134. The molecule has 0 radical (unpaired) electrons. The number of nitrogens with one attached hydrogen (secondary N) is 1. The zero-order valence-corrected chi connectivity index (χ0v) is 12.5. The van der Waals surface area contributed by atoms with Gasteiger partial charge in [0.05, 0.1) is 18.9 Å². The summed E-state index contributed by atoms with van der Waals surface area (Å²) in [6, 6.07) is 8.51. The van der Waals surface area contributed by atoms with Gasteiger partial charge in [-0.2, -0.15) is 5.10 Å². The minimum Gasteiger partial charge on any atom is -0.497 e. The van der Waals surface area contributed by atoms with Gasteiger partial charge in [-0.15, -0.1) is 6.42 Å². The molecule has 1 amide bonds. The highest BCUT2D eigenvalue weighted by molar-refractivity contribution is 5.94. The van der Waals surface area contributed by atoms with Crippen LogP contribution >= 0.6 is 0 Å². The lowest BCUT2D eigenvalue weighted by atomic mass is 10.2. The number of ether oxygens (including phenoxy) is 2. The molecule has 0 bridgehead atoms. The number of pyridine rings is 1. The van der Waals surface area contributed by atoms with Gasteiger partial charge in [-0.1, -0.05) is 5.92 Å². The number of benzene rings is 1. The fraction of sp³-hybridized carbons (Fsp3) is 0.118. The second kappa shape index (κ2) is 8.20. The first-order chi connectivity index (χ1) is 11.2. The van der Waals surface area contributed by atoms with Crippen molar-refractivity contribution in [2.45, 2.75) is 0 Å². The molecule has 0 saturated carbocycles.